The Morgan fingerprint density at radius 3 is 1.65 bits per heavy atom. The minimum Gasteiger partial charge on any atom is -1.00 e. The third-order valence-corrected chi connectivity index (χ3v) is 14.2. The zero-order valence-electron chi connectivity index (χ0n) is 30.9. The van der Waals surface area contributed by atoms with Crippen LogP contribution in [0.4, 0.5) is 5.69 Å². The molecule has 1 N–H and O–H groups in total. The lowest BCUT2D eigenvalue weighted by atomic mass is 10.0. The van der Waals surface area contributed by atoms with Crippen LogP contribution in [0.3, 0.4) is 0 Å². The molecule has 7 aromatic rings. The SMILES string of the molecule is COc1cccc(-c2cc(C(=O)Nc3ccc(-c4ccc(OCCC[P+](c5ccccc5)(c5ccccc5)c5ccccc5)cc4)cc3)ccc2OC)c1.[Br-]. The standard InChI is InChI=1S/C48H42NO4P.BrH/c1-51-42-15-12-14-38(34-42)46-35-39(26-31-47(46)52-2)48(50)49-40-27-22-36(23-28-40)37-24-29-41(30-25-37)53-32-13-33-54(43-16-6-3-7-17-43,44-18-8-4-9-19-44)45-20-10-5-11-21-45;/h3-12,14-31,34-35H,13,32-33H2,1-2H3;1H. The quantitative estimate of drug-likeness (QED) is 0.0946. The second-order valence-corrected chi connectivity index (χ2v) is 16.6. The molecule has 7 aromatic carbocycles. The van der Waals surface area contributed by atoms with Crippen molar-refractivity contribution in [3.8, 4) is 39.5 Å². The Labute approximate surface area is 335 Å². The summed E-state index contributed by atoms with van der Waals surface area (Å²) in [4.78, 5) is 13.3. The summed E-state index contributed by atoms with van der Waals surface area (Å²) in [5.41, 5.74) is 5.07. The van der Waals surface area contributed by atoms with Gasteiger partial charge in [0.2, 0.25) is 0 Å². The van der Waals surface area contributed by atoms with Crippen LogP contribution in [0.5, 0.6) is 17.2 Å². The van der Waals surface area contributed by atoms with Crippen LogP contribution in [0, 0.1) is 0 Å². The first-order chi connectivity index (χ1) is 26.6. The summed E-state index contributed by atoms with van der Waals surface area (Å²) in [5.74, 6) is 2.06. The van der Waals surface area contributed by atoms with Crippen LogP contribution in [0.1, 0.15) is 16.8 Å². The van der Waals surface area contributed by atoms with Crippen LogP contribution in [-0.4, -0.2) is 32.9 Å². The molecule has 0 heterocycles. The van der Waals surface area contributed by atoms with E-state index in [1.54, 1.807) is 20.3 Å². The maximum Gasteiger partial charge on any atom is 0.255 e. The summed E-state index contributed by atoms with van der Waals surface area (Å²) in [6.07, 6.45) is 1.92. The first-order valence-corrected chi connectivity index (χ1v) is 20.1. The average molecular weight is 809 g/mol. The highest BCUT2D eigenvalue weighted by Gasteiger charge is 2.44. The Balaban J connectivity index is 0.00000514. The topological polar surface area (TPSA) is 56.8 Å². The molecule has 0 unspecified atom stereocenters. The van der Waals surface area contributed by atoms with E-state index in [2.05, 4.69) is 108 Å². The van der Waals surface area contributed by atoms with Crippen molar-refractivity contribution in [3.05, 3.63) is 188 Å². The van der Waals surface area contributed by atoms with Crippen molar-refractivity contribution >= 4 is 34.8 Å². The third-order valence-electron chi connectivity index (χ3n) is 9.67. The normalized spacial score (nSPS) is 10.9. The molecular formula is C48H43BrNO4P. The summed E-state index contributed by atoms with van der Waals surface area (Å²) < 4.78 is 17.3. The molecule has 0 saturated heterocycles. The first-order valence-electron chi connectivity index (χ1n) is 18.1. The van der Waals surface area contributed by atoms with Gasteiger partial charge in [-0.05, 0) is 108 Å². The molecule has 0 aromatic heterocycles. The fourth-order valence-electron chi connectivity index (χ4n) is 6.93. The maximum atomic E-state index is 13.3. The van der Waals surface area contributed by atoms with Gasteiger partial charge >= 0.3 is 0 Å². The number of carbonyl (C=O) groups excluding carboxylic acids is 1. The second-order valence-electron chi connectivity index (χ2n) is 12.9. The third kappa shape index (κ3) is 9.00. The molecule has 55 heavy (non-hydrogen) atoms. The number of carbonyl (C=O) groups is 1. The lowest BCUT2D eigenvalue weighted by molar-refractivity contribution is -0.0000190. The second kappa shape index (κ2) is 18.6. The van der Waals surface area contributed by atoms with Gasteiger partial charge in [-0.3, -0.25) is 4.79 Å². The van der Waals surface area contributed by atoms with E-state index in [0.717, 1.165) is 46.3 Å². The van der Waals surface area contributed by atoms with Gasteiger partial charge < -0.3 is 36.5 Å². The van der Waals surface area contributed by atoms with Crippen LogP contribution in [-0.2, 0) is 0 Å². The molecule has 0 aliphatic carbocycles. The lowest BCUT2D eigenvalue weighted by Gasteiger charge is -2.27. The molecule has 7 rings (SSSR count). The monoisotopic (exact) mass is 807 g/mol. The Hall–Kier alpha value is -5.68. The Morgan fingerprint density at radius 1 is 0.545 bits per heavy atom. The Kier molecular flexibility index (Phi) is 13.2. The number of rotatable bonds is 14. The van der Waals surface area contributed by atoms with Crippen LogP contribution < -0.4 is 52.4 Å². The lowest BCUT2D eigenvalue weighted by Crippen LogP contribution is -3.00. The van der Waals surface area contributed by atoms with E-state index >= 15 is 0 Å². The van der Waals surface area contributed by atoms with Crippen molar-refractivity contribution in [1.29, 1.82) is 0 Å². The van der Waals surface area contributed by atoms with E-state index in [4.69, 9.17) is 14.2 Å². The number of methoxy groups -OCH3 is 2. The van der Waals surface area contributed by atoms with E-state index in [1.165, 1.54) is 15.9 Å². The fraction of sp³-hybridized carbons (Fsp3) is 0.104. The van der Waals surface area contributed by atoms with E-state index in [-0.39, 0.29) is 22.9 Å². The van der Waals surface area contributed by atoms with E-state index in [9.17, 15) is 4.79 Å². The molecule has 0 bridgehead atoms. The predicted molar refractivity (Wildman–Crippen MR) is 225 cm³/mol. The first kappa shape index (κ1) is 39.0. The molecule has 0 saturated carbocycles. The zero-order valence-corrected chi connectivity index (χ0v) is 33.4. The number of hydrogen-bond acceptors (Lipinski definition) is 4. The number of anilines is 1. The van der Waals surface area contributed by atoms with Crippen molar-refractivity contribution in [2.45, 2.75) is 6.42 Å². The van der Waals surface area contributed by atoms with Crippen molar-refractivity contribution in [2.24, 2.45) is 0 Å². The van der Waals surface area contributed by atoms with Crippen LogP contribution >= 0.6 is 7.26 Å². The molecular weight excluding hydrogens is 765 g/mol. The van der Waals surface area contributed by atoms with Crippen molar-refractivity contribution in [2.75, 3.05) is 32.3 Å². The van der Waals surface area contributed by atoms with Gasteiger partial charge in [0, 0.05) is 23.2 Å². The van der Waals surface area contributed by atoms with Crippen molar-refractivity contribution < 1.29 is 36.0 Å². The zero-order chi connectivity index (χ0) is 37.2. The highest BCUT2D eigenvalue weighted by atomic mass is 79.9. The van der Waals surface area contributed by atoms with Gasteiger partial charge in [0.25, 0.3) is 5.91 Å². The van der Waals surface area contributed by atoms with Gasteiger partial charge in [-0.25, -0.2) is 0 Å². The molecule has 0 spiro atoms. The number of halogens is 1. The molecule has 276 valence electrons. The smallest absolute Gasteiger partial charge is 0.255 e. The van der Waals surface area contributed by atoms with Gasteiger partial charge in [0.05, 0.1) is 27.0 Å². The molecule has 1 amide bonds. The number of ether oxygens (including phenoxy) is 3. The summed E-state index contributed by atoms with van der Waals surface area (Å²) in [7, 11) is 1.37. The Morgan fingerprint density at radius 2 is 1.11 bits per heavy atom. The maximum absolute atomic E-state index is 13.3. The number of amides is 1. The highest BCUT2D eigenvalue weighted by molar-refractivity contribution is 7.95. The number of nitrogens with one attached hydrogen (secondary N) is 1. The van der Waals surface area contributed by atoms with Crippen molar-refractivity contribution in [3.63, 3.8) is 0 Å². The fourth-order valence-corrected chi connectivity index (χ4v) is 11.2. The predicted octanol–water partition coefficient (Wildman–Crippen LogP) is 7.06. The number of hydrogen-bond donors (Lipinski definition) is 1. The summed E-state index contributed by atoms with van der Waals surface area (Å²) in [5, 5.41) is 7.19. The van der Waals surface area contributed by atoms with E-state index < -0.39 is 7.26 Å². The van der Waals surface area contributed by atoms with Crippen molar-refractivity contribution in [1.82, 2.24) is 0 Å². The summed E-state index contributed by atoms with van der Waals surface area (Å²) in [6.45, 7) is 0.622. The molecule has 0 atom stereocenters. The van der Waals surface area contributed by atoms with Gasteiger partial charge in [0.15, 0.2) is 0 Å². The Bertz CT molecular complexity index is 2190. The van der Waals surface area contributed by atoms with Gasteiger partial charge in [-0.15, -0.1) is 0 Å². The minimum absolute atomic E-state index is 0. The largest absolute Gasteiger partial charge is 1.00 e. The van der Waals surface area contributed by atoms with Crippen LogP contribution in [0.25, 0.3) is 22.3 Å². The molecule has 5 nitrogen and oxygen atoms in total. The van der Waals surface area contributed by atoms with E-state index in [0.29, 0.717) is 23.6 Å². The minimum atomic E-state index is -1.89. The van der Waals surface area contributed by atoms with Crippen LogP contribution in [0.15, 0.2) is 182 Å². The molecule has 0 fully saturated rings. The average Bonchev–Trinajstić information content (AvgIpc) is 3.25. The molecule has 0 radical (unpaired) electrons. The van der Waals surface area contributed by atoms with Gasteiger partial charge in [-0.1, -0.05) is 91.0 Å². The summed E-state index contributed by atoms with van der Waals surface area (Å²) in [6, 6.07) is 62.1. The summed E-state index contributed by atoms with van der Waals surface area (Å²) >= 11 is 0. The van der Waals surface area contributed by atoms with Gasteiger partial charge in [0.1, 0.15) is 40.4 Å². The van der Waals surface area contributed by atoms with Crippen LogP contribution in [0.2, 0.25) is 0 Å². The number of benzene rings is 7. The molecule has 0 aliphatic rings. The molecule has 0 aliphatic heterocycles. The highest BCUT2D eigenvalue weighted by Crippen LogP contribution is 2.55. The van der Waals surface area contributed by atoms with Gasteiger partial charge in [-0.2, -0.15) is 0 Å². The van der Waals surface area contributed by atoms with E-state index in [1.807, 2.05) is 72.8 Å². The molecule has 7 heteroatoms.